The molecule has 18 heavy (non-hydrogen) atoms. The van der Waals surface area contributed by atoms with Gasteiger partial charge in [0.15, 0.2) is 0 Å². The molecule has 1 atom stereocenters. The number of unbranched alkanes of at least 4 members (excludes halogenated alkanes) is 1. The van der Waals surface area contributed by atoms with Crippen molar-refractivity contribution >= 4 is 17.7 Å². The zero-order chi connectivity index (χ0) is 13.4. The maximum Gasteiger partial charge on any atom is 0.243 e. The van der Waals surface area contributed by atoms with Crippen LogP contribution in [0.3, 0.4) is 0 Å². The van der Waals surface area contributed by atoms with E-state index < -0.39 is 6.04 Å². The van der Waals surface area contributed by atoms with Crippen LogP contribution in [-0.4, -0.2) is 39.5 Å². The van der Waals surface area contributed by atoms with Crippen molar-refractivity contribution in [2.24, 2.45) is 16.5 Å². The Kier molecular flexibility index (Phi) is 5.78. The minimum atomic E-state index is -0.557. The zero-order valence-electron chi connectivity index (χ0n) is 10.4. The molecule has 0 aliphatic carbocycles. The number of carbonyl (C=O) groups excluding carboxylic acids is 1. The first-order valence-electron chi connectivity index (χ1n) is 5.78. The molecule has 0 aliphatic rings. The molecule has 1 heterocycles. The van der Waals surface area contributed by atoms with E-state index in [0.29, 0.717) is 24.7 Å². The fourth-order valence-corrected chi connectivity index (χ4v) is 1.34. The molecule has 0 saturated heterocycles. The number of aromatic amines is 1. The summed E-state index contributed by atoms with van der Waals surface area (Å²) in [6.45, 7) is 2.41. The normalized spacial score (nSPS) is 13.3. The van der Waals surface area contributed by atoms with Crippen LogP contribution in [0.1, 0.15) is 26.2 Å². The smallest absolute Gasteiger partial charge is 0.243 e. The van der Waals surface area contributed by atoms with Crippen molar-refractivity contribution in [1.82, 2.24) is 15.2 Å². The molecule has 100 valence electrons. The van der Waals surface area contributed by atoms with Crippen LogP contribution in [0.15, 0.2) is 11.3 Å². The summed E-state index contributed by atoms with van der Waals surface area (Å²) < 4.78 is 0. The van der Waals surface area contributed by atoms with Crippen molar-refractivity contribution in [3.05, 3.63) is 6.33 Å². The second-order valence-electron chi connectivity index (χ2n) is 3.95. The maximum absolute atomic E-state index is 11.6. The molecular weight excluding hydrogens is 234 g/mol. The van der Waals surface area contributed by atoms with Crippen LogP contribution in [0.4, 0.5) is 5.95 Å². The van der Waals surface area contributed by atoms with Crippen LogP contribution in [0.5, 0.6) is 0 Å². The lowest BCUT2D eigenvalue weighted by atomic mass is 10.1. The minimum absolute atomic E-state index is 0.273. The minimum Gasteiger partial charge on any atom is -0.388 e. The first-order chi connectivity index (χ1) is 8.59. The molecule has 0 aliphatic heterocycles. The summed E-state index contributed by atoms with van der Waals surface area (Å²) in [7, 11) is 0. The van der Waals surface area contributed by atoms with Gasteiger partial charge in [-0.3, -0.25) is 15.1 Å². The van der Waals surface area contributed by atoms with Crippen molar-refractivity contribution in [3.8, 4) is 0 Å². The van der Waals surface area contributed by atoms with Gasteiger partial charge in [-0.1, -0.05) is 0 Å². The van der Waals surface area contributed by atoms with Crippen molar-refractivity contribution in [1.29, 1.82) is 0 Å². The molecule has 1 unspecified atom stereocenters. The highest BCUT2D eigenvalue weighted by molar-refractivity contribution is 5.93. The summed E-state index contributed by atoms with van der Waals surface area (Å²) in [4.78, 5) is 19.4. The van der Waals surface area contributed by atoms with Gasteiger partial charge < -0.3 is 11.5 Å². The molecule has 0 spiro atoms. The van der Waals surface area contributed by atoms with Crippen molar-refractivity contribution in [2.75, 3.05) is 11.9 Å². The fraction of sp³-hybridized carbons (Fsp3) is 0.600. The standard InChI is InChI=1S/C10H19N7O/c1-7(11)13-5-3-2-4-8(12)9(18)16-10-14-6-15-17-10/h6,8H,2-5,12H2,1H3,(H2,11,13)(H2,14,15,16,17,18). The Bertz CT molecular complexity index is 383. The molecular formula is C10H19N7O. The topological polar surface area (TPSA) is 135 Å². The Morgan fingerprint density at radius 1 is 1.61 bits per heavy atom. The number of H-pyrrole nitrogens is 1. The summed E-state index contributed by atoms with van der Waals surface area (Å²) in [6, 6.07) is -0.557. The molecule has 0 aromatic carbocycles. The lowest BCUT2D eigenvalue weighted by molar-refractivity contribution is -0.117. The summed E-state index contributed by atoms with van der Waals surface area (Å²) in [5.74, 6) is 0.603. The third-order valence-corrected chi connectivity index (χ3v) is 2.28. The molecule has 0 radical (unpaired) electrons. The Morgan fingerprint density at radius 2 is 2.39 bits per heavy atom. The van der Waals surface area contributed by atoms with E-state index in [4.69, 9.17) is 11.5 Å². The highest BCUT2D eigenvalue weighted by Gasteiger charge is 2.13. The number of hydrogen-bond donors (Lipinski definition) is 4. The Hall–Kier alpha value is -1.96. The van der Waals surface area contributed by atoms with E-state index in [1.807, 2.05) is 0 Å². The van der Waals surface area contributed by atoms with Crippen LogP contribution in [0.25, 0.3) is 0 Å². The first-order valence-corrected chi connectivity index (χ1v) is 5.78. The Labute approximate surface area is 105 Å². The SMILES string of the molecule is CC(N)=NCCCCC(N)C(=O)Nc1ncn[nH]1. The number of carbonyl (C=O) groups is 1. The number of aromatic nitrogens is 3. The van der Waals surface area contributed by atoms with Gasteiger partial charge in [0.05, 0.1) is 11.9 Å². The average Bonchev–Trinajstić information content (AvgIpc) is 2.80. The number of hydrogen-bond acceptors (Lipinski definition) is 5. The largest absolute Gasteiger partial charge is 0.388 e. The Morgan fingerprint density at radius 3 is 3.00 bits per heavy atom. The summed E-state index contributed by atoms with van der Waals surface area (Å²) in [5, 5.41) is 8.69. The van der Waals surface area contributed by atoms with E-state index >= 15 is 0 Å². The molecule has 1 rings (SSSR count). The van der Waals surface area contributed by atoms with E-state index in [0.717, 1.165) is 12.8 Å². The molecule has 1 aromatic heterocycles. The molecule has 0 fully saturated rings. The van der Waals surface area contributed by atoms with Gasteiger partial charge in [0, 0.05) is 6.54 Å². The van der Waals surface area contributed by atoms with Gasteiger partial charge in [0.1, 0.15) is 6.33 Å². The predicted octanol–water partition coefficient (Wildman–Crippen LogP) is -0.382. The number of nitrogens with two attached hydrogens (primary N) is 2. The zero-order valence-corrected chi connectivity index (χ0v) is 10.4. The predicted molar refractivity (Wildman–Crippen MR) is 69.0 cm³/mol. The van der Waals surface area contributed by atoms with Crippen molar-refractivity contribution in [2.45, 2.75) is 32.2 Å². The third kappa shape index (κ3) is 5.39. The van der Waals surface area contributed by atoms with Crippen molar-refractivity contribution in [3.63, 3.8) is 0 Å². The fourth-order valence-electron chi connectivity index (χ4n) is 1.34. The van der Waals surface area contributed by atoms with E-state index in [1.54, 1.807) is 6.92 Å². The molecule has 1 aromatic rings. The van der Waals surface area contributed by atoms with Crippen LogP contribution < -0.4 is 16.8 Å². The van der Waals surface area contributed by atoms with Crippen LogP contribution >= 0.6 is 0 Å². The van der Waals surface area contributed by atoms with Crippen molar-refractivity contribution < 1.29 is 4.79 Å². The molecule has 6 N–H and O–H groups in total. The second-order valence-corrected chi connectivity index (χ2v) is 3.95. The van der Waals surface area contributed by atoms with Gasteiger partial charge in [-0.05, 0) is 26.2 Å². The summed E-state index contributed by atoms with van der Waals surface area (Å²) in [6.07, 6.45) is 3.59. The van der Waals surface area contributed by atoms with Crippen LogP contribution in [0.2, 0.25) is 0 Å². The number of nitrogens with zero attached hydrogens (tertiary/aromatic N) is 3. The lowest BCUT2D eigenvalue weighted by Gasteiger charge is -2.09. The lowest BCUT2D eigenvalue weighted by Crippen LogP contribution is -2.35. The van der Waals surface area contributed by atoms with E-state index in [1.165, 1.54) is 6.33 Å². The second kappa shape index (κ2) is 7.38. The van der Waals surface area contributed by atoms with Gasteiger partial charge >= 0.3 is 0 Å². The summed E-state index contributed by atoms with van der Waals surface area (Å²) >= 11 is 0. The third-order valence-electron chi connectivity index (χ3n) is 2.28. The van der Waals surface area contributed by atoms with E-state index in [-0.39, 0.29) is 5.91 Å². The van der Waals surface area contributed by atoms with Gasteiger partial charge in [0.2, 0.25) is 11.9 Å². The summed E-state index contributed by atoms with van der Waals surface area (Å²) in [5.41, 5.74) is 11.1. The molecule has 0 bridgehead atoms. The molecule has 8 heteroatoms. The van der Waals surface area contributed by atoms with Gasteiger partial charge in [-0.15, -0.1) is 0 Å². The number of amides is 1. The average molecular weight is 253 g/mol. The van der Waals surface area contributed by atoms with Gasteiger partial charge in [-0.2, -0.15) is 10.1 Å². The first kappa shape index (κ1) is 14.1. The number of aliphatic imine (C=N–C) groups is 1. The van der Waals surface area contributed by atoms with Crippen LogP contribution in [-0.2, 0) is 4.79 Å². The maximum atomic E-state index is 11.6. The monoisotopic (exact) mass is 253 g/mol. The van der Waals surface area contributed by atoms with Crippen LogP contribution in [0, 0.1) is 0 Å². The highest BCUT2D eigenvalue weighted by atomic mass is 16.2. The number of amidine groups is 1. The quantitative estimate of drug-likeness (QED) is 0.298. The Balaban J connectivity index is 2.18. The number of nitrogens with one attached hydrogen (secondary N) is 2. The van der Waals surface area contributed by atoms with Gasteiger partial charge in [0.25, 0.3) is 0 Å². The number of anilines is 1. The number of rotatable bonds is 7. The van der Waals surface area contributed by atoms with E-state index in [9.17, 15) is 4.79 Å². The highest BCUT2D eigenvalue weighted by Crippen LogP contribution is 2.02. The molecule has 0 saturated carbocycles. The van der Waals surface area contributed by atoms with Gasteiger partial charge in [-0.25, -0.2) is 5.10 Å². The molecule has 8 nitrogen and oxygen atoms in total. The van der Waals surface area contributed by atoms with E-state index in [2.05, 4.69) is 25.5 Å². The molecule has 1 amide bonds.